The van der Waals surface area contributed by atoms with Gasteiger partial charge in [-0.05, 0) is 37.1 Å². The van der Waals surface area contributed by atoms with E-state index >= 15 is 0 Å². The Morgan fingerprint density at radius 1 is 1.11 bits per heavy atom. The summed E-state index contributed by atoms with van der Waals surface area (Å²) < 4.78 is 10.4. The molecule has 2 aromatic carbocycles. The second-order valence-corrected chi connectivity index (χ2v) is 6.58. The van der Waals surface area contributed by atoms with Crippen LogP contribution < -0.4 is 14.8 Å². The molecule has 2 rings (SSSR count). The Hall–Kier alpha value is -2.73. The number of rotatable bonds is 6. The number of ether oxygens (including phenoxy) is 2. The van der Waals surface area contributed by atoms with Crippen LogP contribution >= 0.6 is 11.6 Å². The summed E-state index contributed by atoms with van der Waals surface area (Å²) in [5, 5.41) is 3.12. The highest BCUT2D eigenvalue weighted by molar-refractivity contribution is 6.32. The lowest BCUT2D eigenvalue weighted by molar-refractivity contribution is -0.116. The molecule has 0 unspecified atom stereocenters. The molecule has 0 radical (unpaired) electrons. The van der Waals surface area contributed by atoms with Gasteiger partial charge in [-0.25, -0.2) is 0 Å². The minimum atomic E-state index is -0.352. The van der Waals surface area contributed by atoms with Crippen molar-refractivity contribution in [3.63, 3.8) is 0 Å². The van der Waals surface area contributed by atoms with Crippen molar-refractivity contribution in [3.8, 4) is 11.5 Å². The monoisotopic (exact) mass is 390 g/mol. The van der Waals surface area contributed by atoms with Crippen molar-refractivity contribution in [2.24, 2.45) is 0 Å². The van der Waals surface area contributed by atoms with E-state index in [1.807, 2.05) is 32.0 Å². The minimum Gasteiger partial charge on any atom is -0.493 e. The number of nitrogens with one attached hydrogen (secondary N) is 1. The largest absolute Gasteiger partial charge is 0.493 e. The number of halogens is 1. The number of nitrogens with zero attached hydrogens (tertiary/aromatic N) is 1. The molecule has 0 bridgehead atoms. The molecule has 2 amide bonds. The van der Waals surface area contributed by atoms with Gasteiger partial charge in [-0.15, -0.1) is 0 Å². The number of carbonyl (C=O) groups is 2. The molecule has 0 spiro atoms. The molecule has 2 aromatic rings. The van der Waals surface area contributed by atoms with Crippen LogP contribution in [-0.4, -0.2) is 44.5 Å². The van der Waals surface area contributed by atoms with Gasteiger partial charge < -0.3 is 19.7 Å². The van der Waals surface area contributed by atoms with Gasteiger partial charge in [-0.2, -0.15) is 0 Å². The lowest BCUT2D eigenvalue weighted by Gasteiger charge is -2.19. The third kappa shape index (κ3) is 4.71. The van der Waals surface area contributed by atoms with Crippen molar-refractivity contribution >= 4 is 29.1 Å². The highest BCUT2D eigenvalue weighted by Gasteiger charge is 2.20. The van der Waals surface area contributed by atoms with Crippen LogP contribution in [0.1, 0.15) is 21.5 Å². The van der Waals surface area contributed by atoms with Crippen molar-refractivity contribution in [2.75, 3.05) is 33.1 Å². The molecule has 0 heterocycles. The third-order valence-corrected chi connectivity index (χ3v) is 4.43. The summed E-state index contributed by atoms with van der Waals surface area (Å²) in [4.78, 5) is 26.4. The predicted molar refractivity (Wildman–Crippen MR) is 106 cm³/mol. The maximum Gasteiger partial charge on any atom is 0.254 e. The molecule has 0 aliphatic heterocycles. The fourth-order valence-electron chi connectivity index (χ4n) is 2.74. The lowest BCUT2D eigenvalue weighted by atomic mass is 10.1. The van der Waals surface area contributed by atoms with E-state index in [1.54, 1.807) is 7.05 Å². The standard InChI is InChI=1S/C20H23ClN2O4/c1-12-7-6-8-13(2)18(12)22-17(24)11-23(3)20(25)14-9-15(21)19(27-5)16(10-14)26-4/h6-10H,11H2,1-5H3,(H,22,24). The number of amides is 2. The molecule has 1 N–H and O–H groups in total. The number of likely N-dealkylation sites (N-methyl/N-ethyl adjacent to an activating group) is 1. The highest BCUT2D eigenvalue weighted by Crippen LogP contribution is 2.36. The number of carbonyl (C=O) groups excluding carboxylic acids is 2. The van der Waals surface area contributed by atoms with Gasteiger partial charge in [0.25, 0.3) is 5.91 Å². The fraction of sp³-hybridized carbons (Fsp3) is 0.300. The van der Waals surface area contributed by atoms with Crippen molar-refractivity contribution in [3.05, 3.63) is 52.0 Å². The molecule has 0 aliphatic carbocycles. The van der Waals surface area contributed by atoms with Crippen LogP contribution in [0, 0.1) is 13.8 Å². The Balaban J connectivity index is 2.14. The summed E-state index contributed by atoms with van der Waals surface area (Å²) in [5.41, 5.74) is 2.99. The second-order valence-electron chi connectivity index (χ2n) is 6.17. The van der Waals surface area contributed by atoms with Crippen molar-refractivity contribution < 1.29 is 19.1 Å². The van der Waals surface area contributed by atoms with Gasteiger partial charge in [0.2, 0.25) is 5.91 Å². The maximum atomic E-state index is 12.7. The van der Waals surface area contributed by atoms with E-state index in [4.69, 9.17) is 21.1 Å². The molecule has 0 fully saturated rings. The summed E-state index contributed by atoms with van der Waals surface area (Å²) in [5.74, 6) is 0.0669. The average molecular weight is 391 g/mol. The van der Waals surface area contributed by atoms with Gasteiger partial charge in [0.15, 0.2) is 11.5 Å². The molecule has 0 saturated heterocycles. The topological polar surface area (TPSA) is 67.9 Å². The molecule has 144 valence electrons. The minimum absolute atomic E-state index is 0.0986. The fourth-order valence-corrected chi connectivity index (χ4v) is 3.03. The second kappa shape index (κ2) is 8.77. The number of anilines is 1. The Morgan fingerprint density at radius 3 is 2.30 bits per heavy atom. The zero-order valence-electron chi connectivity index (χ0n) is 16.1. The van der Waals surface area contributed by atoms with E-state index < -0.39 is 0 Å². The summed E-state index contributed by atoms with van der Waals surface area (Å²) in [7, 11) is 4.48. The van der Waals surface area contributed by atoms with E-state index in [1.165, 1.54) is 31.3 Å². The van der Waals surface area contributed by atoms with Crippen LogP contribution in [-0.2, 0) is 4.79 Å². The van der Waals surface area contributed by atoms with E-state index in [2.05, 4.69) is 5.32 Å². The number of methoxy groups -OCH3 is 2. The molecule has 27 heavy (non-hydrogen) atoms. The van der Waals surface area contributed by atoms with Crippen LogP contribution in [0.2, 0.25) is 5.02 Å². The Bertz CT molecular complexity index is 847. The van der Waals surface area contributed by atoms with E-state index in [0.717, 1.165) is 16.8 Å². The number of para-hydroxylation sites is 1. The summed E-state index contributed by atoms with van der Waals surface area (Å²) >= 11 is 6.16. The predicted octanol–water partition coefficient (Wildman–Crippen LogP) is 3.68. The first-order valence-electron chi connectivity index (χ1n) is 8.31. The van der Waals surface area contributed by atoms with E-state index in [-0.39, 0.29) is 23.4 Å². The molecule has 0 atom stereocenters. The zero-order chi connectivity index (χ0) is 20.1. The van der Waals surface area contributed by atoms with Crippen LogP contribution in [0.4, 0.5) is 5.69 Å². The quantitative estimate of drug-likeness (QED) is 0.816. The number of benzene rings is 2. The van der Waals surface area contributed by atoms with Crippen LogP contribution in [0.15, 0.2) is 30.3 Å². The number of aryl methyl sites for hydroxylation is 2. The molecule has 0 aliphatic rings. The number of hydrogen-bond acceptors (Lipinski definition) is 4. The lowest BCUT2D eigenvalue weighted by Crippen LogP contribution is -2.35. The van der Waals surface area contributed by atoms with Crippen LogP contribution in [0.25, 0.3) is 0 Å². The van der Waals surface area contributed by atoms with Gasteiger partial charge in [0.05, 0.1) is 25.8 Å². The van der Waals surface area contributed by atoms with Crippen LogP contribution in [0.5, 0.6) is 11.5 Å². The van der Waals surface area contributed by atoms with Gasteiger partial charge in [0, 0.05) is 18.3 Å². The van der Waals surface area contributed by atoms with Gasteiger partial charge in [0.1, 0.15) is 0 Å². The maximum absolute atomic E-state index is 12.7. The summed E-state index contributed by atoms with van der Waals surface area (Å²) in [6, 6.07) is 8.79. The van der Waals surface area contributed by atoms with Gasteiger partial charge in [-0.3, -0.25) is 9.59 Å². The van der Waals surface area contributed by atoms with Crippen LogP contribution in [0.3, 0.4) is 0 Å². The molecule has 7 heteroatoms. The highest BCUT2D eigenvalue weighted by atomic mass is 35.5. The summed E-state index contributed by atoms with van der Waals surface area (Å²) in [6.07, 6.45) is 0. The summed E-state index contributed by atoms with van der Waals surface area (Å²) in [6.45, 7) is 3.74. The van der Waals surface area contributed by atoms with Crippen molar-refractivity contribution in [2.45, 2.75) is 13.8 Å². The first-order chi connectivity index (χ1) is 12.8. The SMILES string of the molecule is COc1cc(C(=O)N(C)CC(=O)Nc2c(C)cccc2C)cc(Cl)c1OC. The smallest absolute Gasteiger partial charge is 0.254 e. The first-order valence-corrected chi connectivity index (χ1v) is 8.69. The Labute approximate surface area is 164 Å². The average Bonchev–Trinajstić information content (AvgIpc) is 2.63. The normalized spacial score (nSPS) is 10.3. The third-order valence-electron chi connectivity index (χ3n) is 4.15. The van der Waals surface area contributed by atoms with Crippen molar-refractivity contribution in [1.29, 1.82) is 0 Å². The molecule has 0 saturated carbocycles. The Morgan fingerprint density at radius 2 is 1.74 bits per heavy atom. The van der Waals surface area contributed by atoms with E-state index in [0.29, 0.717) is 17.1 Å². The first kappa shape index (κ1) is 20.6. The van der Waals surface area contributed by atoms with Gasteiger partial charge >= 0.3 is 0 Å². The van der Waals surface area contributed by atoms with Crippen molar-refractivity contribution in [1.82, 2.24) is 4.90 Å². The zero-order valence-corrected chi connectivity index (χ0v) is 16.8. The molecular weight excluding hydrogens is 368 g/mol. The van der Waals surface area contributed by atoms with Gasteiger partial charge in [-0.1, -0.05) is 29.8 Å². The molecule has 0 aromatic heterocycles. The van der Waals surface area contributed by atoms with E-state index in [9.17, 15) is 9.59 Å². The molecule has 6 nitrogen and oxygen atoms in total. The molecular formula is C20H23ClN2O4. The number of hydrogen-bond donors (Lipinski definition) is 1. The Kier molecular flexibility index (Phi) is 6.69.